The summed E-state index contributed by atoms with van der Waals surface area (Å²) in [7, 11) is 1.97. The number of nitrogens with zero attached hydrogens (tertiary/aromatic N) is 2. The summed E-state index contributed by atoms with van der Waals surface area (Å²) in [6.45, 7) is 3.01. The fourth-order valence-electron chi connectivity index (χ4n) is 2.13. The molecule has 0 aliphatic rings. The zero-order chi connectivity index (χ0) is 14.5. The average molecular weight is 340 g/mol. The molecule has 20 heavy (non-hydrogen) atoms. The first-order chi connectivity index (χ1) is 9.61. The SMILES string of the molecule is CCCNC(Cc1nccn1C)c1ccc(Br)c(F)c1. The maximum atomic E-state index is 13.7. The summed E-state index contributed by atoms with van der Waals surface area (Å²) in [6, 6.07) is 5.35. The van der Waals surface area contributed by atoms with E-state index in [-0.39, 0.29) is 11.9 Å². The van der Waals surface area contributed by atoms with Crippen molar-refractivity contribution in [2.45, 2.75) is 25.8 Å². The molecule has 108 valence electrons. The number of halogens is 2. The third-order valence-electron chi connectivity index (χ3n) is 3.29. The number of benzene rings is 1. The Hall–Kier alpha value is -1.20. The number of rotatable bonds is 6. The van der Waals surface area contributed by atoms with Crippen molar-refractivity contribution in [1.29, 1.82) is 0 Å². The van der Waals surface area contributed by atoms with Gasteiger partial charge in [0.05, 0.1) is 4.47 Å². The van der Waals surface area contributed by atoms with Crippen LogP contribution in [0.5, 0.6) is 0 Å². The van der Waals surface area contributed by atoms with Gasteiger partial charge in [-0.05, 0) is 46.6 Å². The lowest BCUT2D eigenvalue weighted by molar-refractivity contribution is 0.507. The Morgan fingerprint density at radius 2 is 2.25 bits per heavy atom. The van der Waals surface area contributed by atoms with E-state index >= 15 is 0 Å². The molecular weight excluding hydrogens is 321 g/mol. The van der Waals surface area contributed by atoms with E-state index in [1.807, 2.05) is 23.9 Å². The number of hydrogen-bond acceptors (Lipinski definition) is 2. The van der Waals surface area contributed by atoms with Gasteiger partial charge in [0, 0.05) is 31.9 Å². The lowest BCUT2D eigenvalue weighted by Gasteiger charge is -2.19. The second-order valence-corrected chi connectivity index (χ2v) is 5.69. The number of hydrogen-bond donors (Lipinski definition) is 1. The van der Waals surface area contributed by atoms with Gasteiger partial charge in [0.1, 0.15) is 11.6 Å². The summed E-state index contributed by atoms with van der Waals surface area (Å²) in [4.78, 5) is 4.35. The zero-order valence-electron chi connectivity index (χ0n) is 11.7. The van der Waals surface area contributed by atoms with E-state index in [4.69, 9.17) is 0 Å². The number of aryl methyl sites for hydroxylation is 1. The molecule has 0 saturated carbocycles. The first kappa shape index (κ1) is 15.2. The molecule has 0 amide bonds. The molecule has 1 heterocycles. The molecule has 0 fully saturated rings. The molecule has 1 N–H and O–H groups in total. The first-order valence-electron chi connectivity index (χ1n) is 6.76. The highest BCUT2D eigenvalue weighted by Gasteiger charge is 2.15. The van der Waals surface area contributed by atoms with E-state index in [2.05, 4.69) is 33.2 Å². The quantitative estimate of drug-likeness (QED) is 0.871. The fraction of sp³-hybridized carbons (Fsp3) is 0.400. The van der Waals surface area contributed by atoms with E-state index in [1.165, 1.54) is 0 Å². The Morgan fingerprint density at radius 1 is 1.45 bits per heavy atom. The molecule has 2 rings (SSSR count). The van der Waals surface area contributed by atoms with Crippen LogP contribution in [-0.2, 0) is 13.5 Å². The predicted molar refractivity (Wildman–Crippen MR) is 82.0 cm³/mol. The zero-order valence-corrected chi connectivity index (χ0v) is 13.3. The Bertz CT molecular complexity index is 568. The van der Waals surface area contributed by atoms with Crippen LogP contribution in [0.25, 0.3) is 0 Å². The highest BCUT2D eigenvalue weighted by atomic mass is 79.9. The summed E-state index contributed by atoms with van der Waals surface area (Å²) in [5.41, 5.74) is 0.946. The van der Waals surface area contributed by atoms with Crippen LogP contribution >= 0.6 is 15.9 Å². The molecule has 1 atom stereocenters. The Morgan fingerprint density at radius 3 is 2.85 bits per heavy atom. The summed E-state index contributed by atoms with van der Waals surface area (Å²) in [5, 5.41) is 3.46. The van der Waals surface area contributed by atoms with Gasteiger partial charge in [-0.2, -0.15) is 0 Å². The maximum Gasteiger partial charge on any atom is 0.137 e. The van der Waals surface area contributed by atoms with Gasteiger partial charge < -0.3 is 9.88 Å². The molecule has 1 unspecified atom stereocenters. The number of nitrogens with one attached hydrogen (secondary N) is 1. The maximum absolute atomic E-state index is 13.7. The molecule has 0 spiro atoms. The van der Waals surface area contributed by atoms with E-state index in [1.54, 1.807) is 18.3 Å². The Balaban J connectivity index is 2.22. The highest BCUT2D eigenvalue weighted by Crippen LogP contribution is 2.23. The molecule has 5 heteroatoms. The van der Waals surface area contributed by atoms with Gasteiger partial charge in [-0.15, -0.1) is 0 Å². The molecule has 1 aromatic heterocycles. The second-order valence-electron chi connectivity index (χ2n) is 4.84. The van der Waals surface area contributed by atoms with Crippen molar-refractivity contribution in [2.24, 2.45) is 7.05 Å². The fourth-order valence-corrected chi connectivity index (χ4v) is 2.38. The standard InChI is InChI=1S/C15H19BrFN3/c1-3-6-18-14(10-15-19-7-8-20(15)2)11-4-5-12(16)13(17)9-11/h4-5,7-9,14,18H,3,6,10H2,1-2H3. The molecule has 3 nitrogen and oxygen atoms in total. The molecule has 0 aliphatic carbocycles. The normalized spacial score (nSPS) is 12.6. The van der Waals surface area contributed by atoms with Gasteiger partial charge in [-0.3, -0.25) is 0 Å². The third kappa shape index (κ3) is 3.67. The van der Waals surface area contributed by atoms with Crippen molar-refractivity contribution in [2.75, 3.05) is 6.54 Å². The van der Waals surface area contributed by atoms with Crippen molar-refractivity contribution < 1.29 is 4.39 Å². The van der Waals surface area contributed by atoms with Crippen molar-refractivity contribution in [3.05, 3.63) is 52.3 Å². The molecular formula is C15H19BrFN3. The smallest absolute Gasteiger partial charge is 0.137 e. The third-order valence-corrected chi connectivity index (χ3v) is 3.94. The number of imidazole rings is 1. The molecule has 0 saturated heterocycles. The van der Waals surface area contributed by atoms with Crippen LogP contribution < -0.4 is 5.32 Å². The summed E-state index contributed by atoms with van der Waals surface area (Å²) < 4.78 is 16.2. The molecule has 0 radical (unpaired) electrons. The van der Waals surface area contributed by atoms with E-state index in [0.29, 0.717) is 4.47 Å². The van der Waals surface area contributed by atoms with Gasteiger partial charge in [-0.25, -0.2) is 9.37 Å². The van der Waals surface area contributed by atoms with E-state index < -0.39 is 0 Å². The molecule has 1 aromatic carbocycles. The average Bonchev–Trinajstić information content (AvgIpc) is 2.83. The van der Waals surface area contributed by atoms with Crippen molar-refractivity contribution in [1.82, 2.24) is 14.9 Å². The van der Waals surface area contributed by atoms with Crippen LogP contribution in [0.15, 0.2) is 35.1 Å². The van der Waals surface area contributed by atoms with Crippen LogP contribution in [0, 0.1) is 5.82 Å². The van der Waals surface area contributed by atoms with Crippen LogP contribution in [0.2, 0.25) is 0 Å². The molecule has 2 aromatic rings. The van der Waals surface area contributed by atoms with Gasteiger partial charge in [-0.1, -0.05) is 13.0 Å². The Labute approximate surface area is 127 Å². The lowest BCUT2D eigenvalue weighted by Crippen LogP contribution is -2.25. The van der Waals surface area contributed by atoms with Gasteiger partial charge in [0.2, 0.25) is 0 Å². The topological polar surface area (TPSA) is 29.9 Å². The minimum atomic E-state index is -0.231. The van der Waals surface area contributed by atoms with Crippen molar-refractivity contribution in [3.63, 3.8) is 0 Å². The van der Waals surface area contributed by atoms with Crippen LogP contribution in [0.3, 0.4) is 0 Å². The predicted octanol–water partition coefficient (Wildman–Crippen LogP) is 3.61. The summed E-state index contributed by atoms with van der Waals surface area (Å²) in [6.07, 6.45) is 5.49. The minimum Gasteiger partial charge on any atom is -0.338 e. The molecule has 0 aliphatic heterocycles. The van der Waals surface area contributed by atoms with Crippen molar-refractivity contribution in [3.8, 4) is 0 Å². The first-order valence-corrected chi connectivity index (χ1v) is 7.55. The lowest BCUT2D eigenvalue weighted by atomic mass is 10.0. The van der Waals surface area contributed by atoms with Gasteiger partial charge in [0.25, 0.3) is 0 Å². The summed E-state index contributed by atoms with van der Waals surface area (Å²) >= 11 is 3.19. The second kappa shape index (κ2) is 6.99. The monoisotopic (exact) mass is 339 g/mol. The van der Waals surface area contributed by atoms with Gasteiger partial charge in [0.15, 0.2) is 0 Å². The van der Waals surface area contributed by atoms with Crippen molar-refractivity contribution >= 4 is 15.9 Å². The van der Waals surface area contributed by atoms with Crippen LogP contribution in [0.1, 0.15) is 30.8 Å². The van der Waals surface area contributed by atoms with Gasteiger partial charge >= 0.3 is 0 Å². The highest BCUT2D eigenvalue weighted by molar-refractivity contribution is 9.10. The molecule has 0 bridgehead atoms. The Kier molecular flexibility index (Phi) is 5.31. The van der Waals surface area contributed by atoms with E-state index in [9.17, 15) is 4.39 Å². The van der Waals surface area contributed by atoms with E-state index in [0.717, 1.165) is 30.8 Å². The van der Waals surface area contributed by atoms with Crippen LogP contribution in [-0.4, -0.2) is 16.1 Å². The largest absolute Gasteiger partial charge is 0.338 e. The summed E-state index contributed by atoms with van der Waals surface area (Å²) in [5.74, 6) is 0.757. The number of aromatic nitrogens is 2. The van der Waals surface area contributed by atoms with Crippen LogP contribution in [0.4, 0.5) is 4.39 Å². The minimum absolute atomic E-state index is 0.0682.